The highest BCUT2D eigenvalue weighted by atomic mass is 16.3. The number of benzene rings is 1. The molecule has 14 heavy (non-hydrogen) atoms. The first kappa shape index (κ1) is 9.44. The Morgan fingerprint density at radius 2 is 1.79 bits per heavy atom. The van der Waals surface area contributed by atoms with Gasteiger partial charge in [0, 0.05) is 0 Å². The normalized spacial score (nSPS) is 27.1. The zero-order chi connectivity index (χ0) is 9.97. The van der Waals surface area contributed by atoms with E-state index in [0.717, 1.165) is 17.6 Å². The molecule has 0 fully saturated rings. The molecule has 0 radical (unpaired) electrons. The van der Waals surface area contributed by atoms with Crippen LogP contribution in [0.25, 0.3) is 5.57 Å². The van der Waals surface area contributed by atoms with E-state index in [1.165, 1.54) is 0 Å². The number of hydrogen-bond donors (Lipinski definition) is 2. The molecule has 0 aromatic heterocycles. The quantitative estimate of drug-likeness (QED) is 0.706. The standard InChI is InChI=1S/C12H14O2/c13-11-7-6-10(8-12(11)14)9-4-2-1-3-5-9/h1-5,8,11-14H,6-7H2. The smallest absolute Gasteiger partial charge is 0.0985 e. The summed E-state index contributed by atoms with van der Waals surface area (Å²) in [6.07, 6.45) is 1.93. The Morgan fingerprint density at radius 3 is 2.43 bits per heavy atom. The Hall–Kier alpha value is -1.12. The van der Waals surface area contributed by atoms with Gasteiger partial charge in [0.1, 0.15) is 0 Å². The Balaban J connectivity index is 2.24. The fourth-order valence-electron chi connectivity index (χ4n) is 1.77. The van der Waals surface area contributed by atoms with Crippen molar-refractivity contribution in [1.82, 2.24) is 0 Å². The van der Waals surface area contributed by atoms with Gasteiger partial charge in [0.25, 0.3) is 0 Å². The summed E-state index contributed by atoms with van der Waals surface area (Å²) in [5, 5.41) is 18.8. The third-order valence-corrected chi connectivity index (χ3v) is 2.62. The van der Waals surface area contributed by atoms with Crippen LogP contribution in [-0.2, 0) is 0 Å². The van der Waals surface area contributed by atoms with Crippen molar-refractivity contribution in [2.24, 2.45) is 0 Å². The summed E-state index contributed by atoms with van der Waals surface area (Å²) in [6, 6.07) is 9.98. The highest BCUT2D eigenvalue weighted by Crippen LogP contribution is 2.26. The molecule has 0 bridgehead atoms. The maximum absolute atomic E-state index is 9.48. The molecule has 0 spiro atoms. The van der Waals surface area contributed by atoms with Crippen LogP contribution in [0.4, 0.5) is 0 Å². The Bertz CT molecular complexity index is 329. The molecule has 2 rings (SSSR count). The van der Waals surface area contributed by atoms with E-state index in [-0.39, 0.29) is 0 Å². The van der Waals surface area contributed by atoms with E-state index >= 15 is 0 Å². The van der Waals surface area contributed by atoms with Crippen molar-refractivity contribution < 1.29 is 10.2 Å². The van der Waals surface area contributed by atoms with Gasteiger partial charge in [-0.15, -0.1) is 0 Å². The Morgan fingerprint density at radius 1 is 1.07 bits per heavy atom. The second-order valence-corrected chi connectivity index (χ2v) is 3.65. The molecule has 2 heteroatoms. The zero-order valence-corrected chi connectivity index (χ0v) is 7.93. The van der Waals surface area contributed by atoms with Crippen molar-refractivity contribution in [1.29, 1.82) is 0 Å². The lowest BCUT2D eigenvalue weighted by Crippen LogP contribution is -2.27. The number of aliphatic hydroxyl groups excluding tert-OH is 2. The Labute approximate surface area is 83.5 Å². The lowest BCUT2D eigenvalue weighted by molar-refractivity contribution is 0.0403. The Kier molecular flexibility index (Phi) is 2.66. The molecule has 0 aliphatic heterocycles. The van der Waals surface area contributed by atoms with Gasteiger partial charge in [0.2, 0.25) is 0 Å². The summed E-state index contributed by atoms with van der Waals surface area (Å²) in [5.74, 6) is 0. The molecule has 1 aliphatic carbocycles. The molecule has 74 valence electrons. The molecule has 2 atom stereocenters. The van der Waals surface area contributed by atoms with Gasteiger partial charge in [0.05, 0.1) is 12.2 Å². The third kappa shape index (κ3) is 1.86. The maximum Gasteiger partial charge on any atom is 0.0985 e. The predicted octanol–water partition coefficient (Wildman–Crippen LogP) is 1.59. The summed E-state index contributed by atoms with van der Waals surface area (Å²) in [5.41, 5.74) is 2.27. The predicted molar refractivity (Wildman–Crippen MR) is 55.7 cm³/mol. The summed E-state index contributed by atoms with van der Waals surface area (Å²) in [4.78, 5) is 0. The number of hydrogen-bond acceptors (Lipinski definition) is 2. The monoisotopic (exact) mass is 190 g/mol. The van der Waals surface area contributed by atoms with E-state index in [2.05, 4.69) is 0 Å². The van der Waals surface area contributed by atoms with E-state index in [0.29, 0.717) is 6.42 Å². The SMILES string of the molecule is OC1C=C(c2ccccc2)CCC1O. The minimum absolute atomic E-state index is 0.595. The van der Waals surface area contributed by atoms with Gasteiger partial charge in [0.15, 0.2) is 0 Å². The molecule has 0 saturated carbocycles. The van der Waals surface area contributed by atoms with Crippen LogP contribution in [0, 0.1) is 0 Å². The van der Waals surface area contributed by atoms with Crippen molar-refractivity contribution in [2.75, 3.05) is 0 Å². The fraction of sp³-hybridized carbons (Fsp3) is 0.333. The molecule has 0 heterocycles. The van der Waals surface area contributed by atoms with Gasteiger partial charge in [-0.1, -0.05) is 30.3 Å². The maximum atomic E-state index is 9.48. The van der Waals surface area contributed by atoms with Crippen molar-refractivity contribution in [3.05, 3.63) is 42.0 Å². The van der Waals surface area contributed by atoms with E-state index in [1.54, 1.807) is 6.08 Å². The number of rotatable bonds is 1. The van der Waals surface area contributed by atoms with E-state index < -0.39 is 12.2 Å². The summed E-state index contributed by atoms with van der Waals surface area (Å²) in [7, 11) is 0. The lowest BCUT2D eigenvalue weighted by Gasteiger charge is -2.22. The number of aliphatic hydroxyl groups is 2. The topological polar surface area (TPSA) is 40.5 Å². The summed E-state index contributed by atoms with van der Waals surface area (Å²) < 4.78 is 0. The highest BCUT2D eigenvalue weighted by Gasteiger charge is 2.20. The fourth-order valence-corrected chi connectivity index (χ4v) is 1.77. The van der Waals surface area contributed by atoms with Gasteiger partial charge in [-0.25, -0.2) is 0 Å². The molecule has 0 amide bonds. The van der Waals surface area contributed by atoms with Crippen molar-refractivity contribution in [3.8, 4) is 0 Å². The molecule has 0 saturated heterocycles. The van der Waals surface area contributed by atoms with Crippen LogP contribution in [0.15, 0.2) is 36.4 Å². The average Bonchev–Trinajstić information content (AvgIpc) is 2.23. The molecular formula is C12H14O2. The van der Waals surface area contributed by atoms with Crippen LogP contribution in [0.2, 0.25) is 0 Å². The second-order valence-electron chi connectivity index (χ2n) is 3.65. The third-order valence-electron chi connectivity index (χ3n) is 2.62. The largest absolute Gasteiger partial charge is 0.390 e. The first-order chi connectivity index (χ1) is 6.77. The van der Waals surface area contributed by atoms with Gasteiger partial charge < -0.3 is 10.2 Å². The van der Waals surface area contributed by atoms with Crippen LogP contribution in [-0.4, -0.2) is 22.4 Å². The molecule has 2 nitrogen and oxygen atoms in total. The lowest BCUT2D eigenvalue weighted by atomic mass is 9.90. The molecule has 1 aliphatic rings. The van der Waals surface area contributed by atoms with Crippen LogP contribution in [0.5, 0.6) is 0 Å². The number of allylic oxidation sites excluding steroid dienone is 1. The van der Waals surface area contributed by atoms with Crippen LogP contribution in [0.3, 0.4) is 0 Å². The van der Waals surface area contributed by atoms with Crippen molar-refractivity contribution in [2.45, 2.75) is 25.0 Å². The van der Waals surface area contributed by atoms with E-state index in [1.807, 2.05) is 30.3 Å². The molecule has 2 N–H and O–H groups in total. The minimum atomic E-state index is -0.709. The van der Waals surface area contributed by atoms with Gasteiger partial charge in [-0.3, -0.25) is 0 Å². The van der Waals surface area contributed by atoms with Gasteiger partial charge in [-0.2, -0.15) is 0 Å². The van der Waals surface area contributed by atoms with Crippen molar-refractivity contribution >= 4 is 5.57 Å². The summed E-state index contributed by atoms with van der Waals surface area (Å²) >= 11 is 0. The molecule has 1 aromatic rings. The van der Waals surface area contributed by atoms with Crippen LogP contribution in [0.1, 0.15) is 18.4 Å². The van der Waals surface area contributed by atoms with E-state index in [9.17, 15) is 10.2 Å². The van der Waals surface area contributed by atoms with Gasteiger partial charge >= 0.3 is 0 Å². The molecular weight excluding hydrogens is 176 g/mol. The first-order valence-electron chi connectivity index (χ1n) is 4.89. The highest BCUT2D eigenvalue weighted by molar-refractivity contribution is 5.66. The van der Waals surface area contributed by atoms with E-state index in [4.69, 9.17) is 0 Å². The van der Waals surface area contributed by atoms with Crippen LogP contribution >= 0.6 is 0 Å². The first-order valence-corrected chi connectivity index (χ1v) is 4.89. The molecule has 2 unspecified atom stereocenters. The average molecular weight is 190 g/mol. The minimum Gasteiger partial charge on any atom is -0.390 e. The summed E-state index contributed by atoms with van der Waals surface area (Å²) in [6.45, 7) is 0. The molecule has 1 aromatic carbocycles. The van der Waals surface area contributed by atoms with Crippen LogP contribution < -0.4 is 0 Å². The van der Waals surface area contributed by atoms with Crippen molar-refractivity contribution in [3.63, 3.8) is 0 Å². The second kappa shape index (κ2) is 3.95. The zero-order valence-electron chi connectivity index (χ0n) is 7.93. The van der Waals surface area contributed by atoms with Gasteiger partial charge in [-0.05, 0) is 30.1 Å².